The molecule has 152 valence electrons. The maximum Gasteiger partial charge on any atom is 0.435 e. The van der Waals surface area contributed by atoms with Crippen LogP contribution in [0.25, 0.3) is 12.2 Å². The Morgan fingerprint density at radius 2 is 2.07 bits per heavy atom. The molecular formula is C20H26F3N5. The third-order valence-corrected chi connectivity index (χ3v) is 5.37. The smallest absolute Gasteiger partial charge is 0.384 e. The van der Waals surface area contributed by atoms with Crippen LogP contribution in [0.3, 0.4) is 0 Å². The predicted octanol–water partition coefficient (Wildman–Crippen LogP) is 5.46. The van der Waals surface area contributed by atoms with Crippen LogP contribution in [0.5, 0.6) is 0 Å². The molecule has 3 N–H and O–H groups in total. The van der Waals surface area contributed by atoms with Crippen molar-refractivity contribution in [1.82, 2.24) is 25.7 Å². The van der Waals surface area contributed by atoms with Crippen molar-refractivity contribution < 1.29 is 13.2 Å². The Kier molecular flexibility index (Phi) is 6.59. The summed E-state index contributed by atoms with van der Waals surface area (Å²) in [5, 5.41) is 15.7. The fourth-order valence-electron chi connectivity index (χ4n) is 3.85. The summed E-state index contributed by atoms with van der Waals surface area (Å²) in [6.07, 6.45) is 11.2. The molecule has 0 aliphatic heterocycles. The summed E-state index contributed by atoms with van der Waals surface area (Å²) in [6, 6.07) is -0.465. The number of rotatable bonds is 8. The van der Waals surface area contributed by atoms with Gasteiger partial charge in [0.15, 0.2) is 5.69 Å². The number of nitrogens with zero attached hydrogens (tertiary/aromatic N) is 2. The molecule has 2 aromatic rings. The number of aromatic amines is 2. The SMILES string of the molecule is C=Cc1[nH]ncc1/C=C/NC(CCC1CCCCC1)c1c[nH]nc1C(F)(F)F. The van der Waals surface area contributed by atoms with Crippen molar-refractivity contribution in [3.05, 3.63) is 47.7 Å². The average molecular weight is 393 g/mol. The Balaban J connectivity index is 1.74. The first-order valence-electron chi connectivity index (χ1n) is 9.68. The Morgan fingerprint density at radius 3 is 2.79 bits per heavy atom. The van der Waals surface area contributed by atoms with E-state index in [1.54, 1.807) is 24.5 Å². The van der Waals surface area contributed by atoms with Gasteiger partial charge < -0.3 is 5.32 Å². The minimum atomic E-state index is -4.48. The molecule has 1 aliphatic rings. The number of halogens is 3. The Morgan fingerprint density at radius 1 is 1.29 bits per heavy atom. The van der Waals surface area contributed by atoms with Crippen LogP contribution in [0, 0.1) is 5.92 Å². The van der Waals surface area contributed by atoms with E-state index in [1.165, 1.54) is 25.5 Å². The lowest BCUT2D eigenvalue weighted by Gasteiger charge is -2.25. The molecule has 0 bridgehead atoms. The molecule has 3 rings (SSSR count). The quantitative estimate of drug-likeness (QED) is 0.558. The van der Waals surface area contributed by atoms with Crippen molar-refractivity contribution in [1.29, 1.82) is 0 Å². The second kappa shape index (κ2) is 9.12. The Hall–Kier alpha value is -2.51. The predicted molar refractivity (Wildman–Crippen MR) is 103 cm³/mol. The van der Waals surface area contributed by atoms with Gasteiger partial charge in [0.25, 0.3) is 0 Å². The minimum absolute atomic E-state index is 0.157. The number of alkyl halides is 3. The number of nitrogens with one attached hydrogen (secondary N) is 3. The molecule has 28 heavy (non-hydrogen) atoms. The van der Waals surface area contributed by atoms with E-state index in [4.69, 9.17) is 0 Å². The second-order valence-corrected chi connectivity index (χ2v) is 7.26. The largest absolute Gasteiger partial charge is 0.435 e. The standard InChI is InChI=1S/C20H26F3N5/c1-2-17-15(12-25-27-17)10-11-24-18(9-8-14-6-4-3-5-7-14)16-13-26-28-19(16)20(21,22)23/h2,10-14,18,24H,1,3-9H2,(H,25,27)(H,26,28)/b11-10+. The monoisotopic (exact) mass is 393 g/mol. The van der Waals surface area contributed by atoms with Gasteiger partial charge in [-0.05, 0) is 37.1 Å². The van der Waals surface area contributed by atoms with Crippen LogP contribution in [0.2, 0.25) is 0 Å². The van der Waals surface area contributed by atoms with Gasteiger partial charge in [-0.15, -0.1) is 0 Å². The molecule has 1 saturated carbocycles. The van der Waals surface area contributed by atoms with Crippen LogP contribution in [0.1, 0.15) is 73.5 Å². The van der Waals surface area contributed by atoms with Crippen molar-refractivity contribution in [2.45, 2.75) is 57.2 Å². The summed E-state index contributed by atoms with van der Waals surface area (Å²) in [7, 11) is 0. The summed E-state index contributed by atoms with van der Waals surface area (Å²) < 4.78 is 40.0. The molecule has 2 heterocycles. The topological polar surface area (TPSA) is 69.4 Å². The van der Waals surface area contributed by atoms with Crippen LogP contribution < -0.4 is 5.32 Å². The van der Waals surface area contributed by atoms with Crippen LogP contribution in [0.15, 0.2) is 25.2 Å². The minimum Gasteiger partial charge on any atom is -0.384 e. The molecule has 1 atom stereocenters. The number of aromatic nitrogens is 4. The van der Waals surface area contributed by atoms with Crippen molar-refractivity contribution in [2.24, 2.45) is 5.92 Å². The average Bonchev–Trinajstić information content (AvgIpc) is 3.34. The molecule has 0 aromatic carbocycles. The lowest BCUT2D eigenvalue weighted by Crippen LogP contribution is -2.21. The normalized spacial score (nSPS) is 17.1. The zero-order chi connectivity index (χ0) is 20.0. The molecule has 1 unspecified atom stereocenters. The van der Waals surface area contributed by atoms with Gasteiger partial charge in [0.05, 0.1) is 17.9 Å². The summed E-state index contributed by atoms with van der Waals surface area (Å²) in [5.41, 5.74) is 0.883. The van der Waals surface area contributed by atoms with Crippen molar-refractivity contribution in [3.63, 3.8) is 0 Å². The fraction of sp³-hybridized carbons (Fsp3) is 0.500. The lowest BCUT2D eigenvalue weighted by molar-refractivity contribution is -0.142. The molecule has 1 fully saturated rings. The van der Waals surface area contributed by atoms with Gasteiger partial charge in [0.1, 0.15) is 0 Å². The highest BCUT2D eigenvalue weighted by molar-refractivity contribution is 5.60. The highest BCUT2D eigenvalue weighted by Crippen LogP contribution is 2.36. The van der Waals surface area contributed by atoms with Gasteiger partial charge in [-0.1, -0.05) is 38.7 Å². The summed E-state index contributed by atoms with van der Waals surface area (Å²) in [4.78, 5) is 0. The zero-order valence-corrected chi connectivity index (χ0v) is 15.7. The molecular weight excluding hydrogens is 367 g/mol. The van der Waals surface area contributed by atoms with Crippen molar-refractivity contribution in [2.75, 3.05) is 0 Å². The third kappa shape index (κ3) is 5.05. The van der Waals surface area contributed by atoms with E-state index >= 15 is 0 Å². The first-order valence-corrected chi connectivity index (χ1v) is 9.68. The van der Waals surface area contributed by atoms with E-state index in [-0.39, 0.29) is 5.56 Å². The Labute approximate surface area is 162 Å². The Bertz CT molecular complexity index is 784. The number of hydrogen-bond donors (Lipinski definition) is 3. The highest BCUT2D eigenvalue weighted by atomic mass is 19.4. The maximum atomic E-state index is 13.3. The lowest BCUT2D eigenvalue weighted by atomic mass is 9.84. The molecule has 0 amide bonds. The summed E-state index contributed by atoms with van der Waals surface area (Å²) in [5.74, 6) is 0.588. The van der Waals surface area contributed by atoms with Gasteiger partial charge >= 0.3 is 6.18 Å². The van der Waals surface area contributed by atoms with Crippen LogP contribution in [-0.2, 0) is 6.18 Å². The molecule has 2 aromatic heterocycles. The van der Waals surface area contributed by atoms with Gasteiger partial charge in [-0.25, -0.2) is 0 Å². The third-order valence-electron chi connectivity index (χ3n) is 5.37. The second-order valence-electron chi connectivity index (χ2n) is 7.26. The van der Waals surface area contributed by atoms with Gasteiger partial charge in [-0.2, -0.15) is 23.4 Å². The molecule has 0 radical (unpaired) electrons. The first-order chi connectivity index (χ1) is 13.5. The molecule has 5 nitrogen and oxygen atoms in total. The summed E-state index contributed by atoms with van der Waals surface area (Å²) in [6.45, 7) is 3.70. The van der Waals surface area contributed by atoms with Gasteiger partial charge in [-0.3, -0.25) is 10.2 Å². The van der Waals surface area contributed by atoms with Gasteiger partial charge in [0.2, 0.25) is 0 Å². The van der Waals surface area contributed by atoms with E-state index in [9.17, 15) is 13.2 Å². The van der Waals surface area contributed by atoms with E-state index < -0.39 is 17.9 Å². The highest BCUT2D eigenvalue weighted by Gasteiger charge is 2.38. The van der Waals surface area contributed by atoms with Gasteiger partial charge in [0, 0.05) is 17.3 Å². The van der Waals surface area contributed by atoms with Crippen molar-refractivity contribution >= 4 is 12.2 Å². The van der Waals surface area contributed by atoms with Crippen LogP contribution in [-0.4, -0.2) is 20.4 Å². The fourth-order valence-corrected chi connectivity index (χ4v) is 3.85. The number of H-pyrrole nitrogens is 2. The molecule has 8 heteroatoms. The van der Waals surface area contributed by atoms with E-state index in [0.29, 0.717) is 12.3 Å². The first kappa shape index (κ1) is 20.2. The number of hydrogen-bond acceptors (Lipinski definition) is 3. The van der Waals surface area contributed by atoms with Crippen LogP contribution in [0.4, 0.5) is 13.2 Å². The molecule has 0 spiro atoms. The summed E-state index contributed by atoms with van der Waals surface area (Å²) >= 11 is 0. The van der Waals surface area contributed by atoms with E-state index in [0.717, 1.165) is 30.5 Å². The zero-order valence-electron chi connectivity index (χ0n) is 15.7. The maximum absolute atomic E-state index is 13.3. The van der Waals surface area contributed by atoms with E-state index in [1.807, 2.05) is 0 Å². The van der Waals surface area contributed by atoms with Crippen molar-refractivity contribution in [3.8, 4) is 0 Å². The van der Waals surface area contributed by atoms with Crippen LogP contribution >= 0.6 is 0 Å². The molecule has 1 aliphatic carbocycles. The van der Waals surface area contributed by atoms with E-state index in [2.05, 4.69) is 32.3 Å². The molecule has 0 saturated heterocycles.